The van der Waals surface area contributed by atoms with E-state index >= 15 is 0 Å². The first-order valence-corrected chi connectivity index (χ1v) is 11.9. The number of anilines is 1. The smallest absolute Gasteiger partial charge is 0.322 e. The Balaban J connectivity index is 1.51. The Bertz CT molecular complexity index is 1230. The van der Waals surface area contributed by atoms with Crippen molar-refractivity contribution in [1.82, 2.24) is 9.80 Å². The molecule has 0 aliphatic carbocycles. The van der Waals surface area contributed by atoms with Crippen LogP contribution in [-0.4, -0.2) is 62.4 Å². The number of hydrogen-bond donors (Lipinski definition) is 1. The van der Waals surface area contributed by atoms with E-state index in [1.807, 2.05) is 37.3 Å². The maximum absolute atomic E-state index is 13.6. The predicted molar refractivity (Wildman–Crippen MR) is 136 cm³/mol. The fraction of sp³-hybridized carbons (Fsp3) is 0.333. The molecule has 1 aliphatic rings. The minimum atomic E-state index is -0.421. The topological polar surface area (TPSA) is 103 Å². The van der Waals surface area contributed by atoms with Crippen molar-refractivity contribution in [2.75, 3.05) is 46.0 Å². The lowest BCUT2D eigenvalue weighted by atomic mass is 10.2. The van der Waals surface area contributed by atoms with Gasteiger partial charge in [0.05, 0.1) is 20.3 Å². The van der Waals surface area contributed by atoms with Gasteiger partial charge in [0.1, 0.15) is 23.8 Å². The van der Waals surface area contributed by atoms with Gasteiger partial charge in [0.25, 0.3) is 0 Å². The fourth-order valence-corrected chi connectivity index (χ4v) is 3.87. The van der Waals surface area contributed by atoms with E-state index in [4.69, 9.17) is 23.4 Å². The van der Waals surface area contributed by atoms with Gasteiger partial charge in [-0.15, -0.1) is 0 Å². The van der Waals surface area contributed by atoms with Crippen LogP contribution in [0.1, 0.15) is 17.1 Å². The number of carbonyl (C=O) groups excluding carboxylic acids is 2. The summed E-state index contributed by atoms with van der Waals surface area (Å²) < 4.78 is 27.0. The molecule has 0 saturated carbocycles. The molecule has 0 atom stereocenters. The first kappa shape index (κ1) is 25.9. The lowest BCUT2D eigenvalue weighted by molar-refractivity contribution is -0.133. The van der Waals surface area contributed by atoms with Gasteiger partial charge in [0, 0.05) is 32.0 Å². The summed E-state index contributed by atoms with van der Waals surface area (Å²) >= 11 is 0. The Morgan fingerprint density at radius 2 is 1.81 bits per heavy atom. The summed E-state index contributed by atoms with van der Waals surface area (Å²) in [5.41, 5.74) is 1.42. The van der Waals surface area contributed by atoms with E-state index in [1.165, 1.54) is 4.90 Å². The maximum Gasteiger partial charge on any atom is 0.322 e. The molecule has 10 heteroatoms. The highest BCUT2D eigenvalue weighted by atomic mass is 16.7. The number of hydrogen-bond acceptors (Lipinski definition) is 7. The molecular formula is C27H31N3O7. The maximum atomic E-state index is 13.6. The normalized spacial score (nSPS) is 11.8. The summed E-state index contributed by atoms with van der Waals surface area (Å²) in [5.74, 6) is 3.08. The van der Waals surface area contributed by atoms with Gasteiger partial charge in [-0.25, -0.2) is 4.79 Å². The van der Waals surface area contributed by atoms with Gasteiger partial charge in [0.2, 0.25) is 12.7 Å². The molecule has 1 N–H and O–H groups in total. The molecule has 0 fully saturated rings. The average Bonchev–Trinajstić information content (AvgIpc) is 3.54. The van der Waals surface area contributed by atoms with Gasteiger partial charge in [-0.2, -0.15) is 0 Å². The Morgan fingerprint density at radius 1 is 0.973 bits per heavy atom. The summed E-state index contributed by atoms with van der Waals surface area (Å²) in [5, 5.41) is 2.83. The minimum absolute atomic E-state index is 0.149. The van der Waals surface area contributed by atoms with Crippen molar-refractivity contribution in [3.63, 3.8) is 0 Å². The van der Waals surface area contributed by atoms with Crippen LogP contribution < -0.4 is 19.5 Å². The van der Waals surface area contributed by atoms with Crippen molar-refractivity contribution in [3.05, 3.63) is 71.7 Å². The highest BCUT2D eigenvalue weighted by molar-refractivity contribution is 5.92. The number of nitrogens with one attached hydrogen (secondary N) is 1. The second kappa shape index (κ2) is 12.2. The van der Waals surface area contributed by atoms with Gasteiger partial charge in [0.15, 0.2) is 11.5 Å². The van der Waals surface area contributed by atoms with Gasteiger partial charge in [-0.3, -0.25) is 4.79 Å². The van der Waals surface area contributed by atoms with Crippen molar-refractivity contribution in [3.8, 4) is 17.2 Å². The molecule has 2 heterocycles. The zero-order valence-corrected chi connectivity index (χ0v) is 21.2. The van der Waals surface area contributed by atoms with E-state index in [1.54, 1.807) is 43.4 Å². The zero-order valence-electron chi connectivity index (χ0n) is 21.2. The third-order valence-electron chi connectivity index (χ3n) is 5.81. The number of amides is 3. The number of rotatable bonds is 11. The SMILES string of the molecule is COCCN(CC(=O)N(Cc1ccc2c(c1)OCO2)Cc1ccc(C)o1)C(=O)Nc1cccc(OC)c1. The molecule has 1 aliphatic heterocycles. The van der Waals surface area contributed by atoms with Crippen LogP contribution in [0.15, 0.2) is 59.0 Å². The van der Waals surface area contributed by atoms with Gasteiger partial charge in [-0.05, 0) is 48.9 Å². The van der Waals surface area contributed by atoms with E-state index < -0.39 is 6.03 Å². The van der Waals surface area contributed by atoms with Crippen LogP contribution in [0.25, 0.3) is 0 Å². The number of methoxy groups -OCH3 is 2. The quantitative estimate of drug-likeness (QED) is 0.416. The van der Waals surface area contributed by atoms with Crippen molar-refractivity contribution in [2.45, 2.75) is 20.0 Å². The molecule has 0 radical (unpaired) electrons. The summed E-state index contributed by atoms with van der Waals surface area (Å²) in [4.78, 5) is 29.8. The van der Waals surface area contributed by atoms with E-state index in [0.29, 0.717) is 35.2 Å². The second-order valence-corrected chi connectivity index (χ2v) is 8.53. The monoisotopic (exact) mass is 509 g/mol. The second-order valence-electron chi connectivity index (χ2n) is 8.53. The molecule has 4 rings (SSSR count). The molecule has 3 aromatic rings. The molecule has 1 aromatic heterocycles. The third-order valence-corrected chi connectivity index (χ3v) is 5.81. The molecule has 196 valence electrons. The highest BCUT2D eigenvalue weighted by Gasteiger charge is 2.24. The van der Waals surface area contributed by atoms with Crippen molar-refractivity contribution >= 4 is 17.6 Å². The molecule has 0 spiro atoms. The Hall–Kier alpha value is -4.18. The van der Waals surface area contributed by atoms with Crippen molar-refractivity contribution in [1.29, 1.82) is 0 Å². The number of ether oxygens (including phenoxy) is 4. The molecule has 3 amide bonds. The Labute approximate surface area is 215 Å². The van der Waals surface area contributed by atoms with Crippen LogP contribution in [0.4, 0.5) is 10.5 Å². The van der Waals surface area contributed by atoms with Crippen molar-refractivity contribution < 1.29 is 33.0 Å². The van der Waals surface area contributed by atoms with Gasteiger partial charge >= 0.3 is 6.03 Å². The summed E-state index contributed by atoms with van der Waals surface area (Å²) in [6, 6.07) is 15.9. The highest BCUT2D eigenvalue weighted by Crippen LogP contribution is 2.33. The largest absolute Gasteiger partial charge is 0.497 e. The Morgan fingerprint density at radius 3 is 2.57 bits per heavy atom. The lowest BCUT2D eigenvalue weighted by Gasteiger charge is -2.27. The standard InChI is InChI=1S/C27H31N3O7/c1-19-7-9-23(37-19)16-30(15-20-8-10-24-25(13-20)36-18-35-24)26(31)17-29(11-12-33-2)27(32)28-21-5-4-6-22(14-21)34-3/h4-10,13-14H,11-12,15-18H2,1-3H3,(H,28,32). The number of fused-ring (bicyclic) bond motifs is 1. The number of urea groups is 1. The average molecular weight is 510 g/mol. The zero-order chi connectivity index (χ0) is 26.2. The number of nitrogens with zero attached hydrogens (tertiary/aromatic N) is 2. The number of furan rings is 1. The van der Waals surface area contributed by atoms with Gasteiger partial charge in [-0.1, -0.05) is 12.1 Å². The van der Waals surface area contributed by atoms with Crippen LogP contribution in [-0.2, 0) is 22.6 Å². The van der Waals surface area contributed by atoms with Crippen LogP contribution in [0, 0.1) is 6.92 Å². The predicted octanol–water partition coefficient (Wildman–Crippen LogP) is 4.03. The third kappa shape index (κ3) is 6.95. The van der Waals surface area contributed by atoms with Crippen LogP contribution in [0.2, 0.25) is 0 Å². The van der Waals surface area contributed by atoms with Crippen LogP contribution >= 0.6 is 0 Å². The summed E-state index contributed by atoms with van der Waals surface area (Å²) in [6.07, 6.45) is 0. The molecule has 0 saturated heterocycles. The number of aryl methyl sites for hydroxylation is 1. The van der Waals surface area contributed by atoms with E-state index in [9.17, 15) is 9.59 Å². The Kier molecular flexibility index (Phi) is 8.52. The lowest BCUT2D eigenvalue weighted by Crippen LogP contribution is -2.45. The summed E-state index contributed by atoms with van der Waals surface area (Å²) in [6.45, 7) is 2.92. The van der Waals surface area contributed by atoms with E-state index in [0.717, 1.165) is 11.3 Å². The molecule has 0 bridgehead atoms. The van der Waals surface area contributed by atoms with Crippen LogP contribution in [0.5, 0.6) is 17.2 Å². The number of benzene rings is 2. The van der Waals surface area contributed by atoms with Crippen LogP contribution in [0.3, 0.4) is 0 Å². The molecule has 10 nitrogen and oxygen atoms in total. The first-order chi connectivity index (χ1) is 17.9. The number of carbonyl (C=O) groups is 2. The fourth-order valence-electron chi connectivity index (χ4n) is 3.87. The van der Waals surface area contributed by atoms with E-state index in [-0.39, 0.29) is 38.9 Å². The minimum Gasteiger partial charge on any atom is -0.497 e. The molecular weight excluding hydrogens is 478 g/mol. The molecule has 2 aromatic carbocycles. The first-order valence-electron chi connectivity index (χ1n) is 11.9. The van der Waals surface area contributed by atoms with Crippen molar-refractivity contribution in [2.24, 2.45) is 0 Å². The summed E-state index contributed by atoms with van der Waals surface area (Å²) in [7, 11) is 3.10. The molecule has 0 unspecified atom stereocenters. The molecule has 37 heavy (non-hydrogen) atoms. The van der Waals surface area contributed by atoms with E-state index in [2.05, 4.69) is 5.32 Å². The van der Waals surface area contributed by atoms with Gasteiger partial charge < -0.3 is 38.5 Å².